The Bertz CT molecular complexity index is 181. The van der Waals surface area contributed by atoms with Crippen molar-refractivity contribution >= 4 is 23.2 Å². The second-order valence-electron chi connectivity index (χ2n) is 3.45. The van der Waals surface area contributed by atoms with Crippen molar-refractivity contribution in [3.05, 3.63) is 11.6 Å². The first-order valence-corrected chi connectivity index (χ1v) is 5.03. The largest absolute Gasteiger partial charge is 0.378 e. The fraction of sp³-hybridized carbons (Fsp3) is 0.778. The molecule has 2 unspecified atom stereocenters. The lowest BCUT2D eigenvalue weighted by atomic mass is 9.80. The van der Waals surface area contributed by atoms with Gasteiger partial charge in [-0.3, -0.25) is 0 Å². The van der Waals surface area contributed by atoms with Gasteiger partial charge in [0.15, 0.2) is 0 Å². The van der Waals surface area contributed by atoms with Crippen LogP contribution in [0, 0.1) is 5.41 Å². The van der Waals surface area contributed by atoms with E-state index in [0.717, 1.165) is 19.4 Å². The molecule has 1 saturated heterocycles. The van der Waals surface area contributed by atoms with Crippen LogP contribution in [0.5, 0.6) is 0 Å². The number of hydrogen-bond acceptors (Lipinski definition) is 1. The number of alkyl halides is 1. The Labute approximate surface area is 83.7 Å². The highest BCUT2D eigenvalue weighted by molar-refractivity contribution is 6.29. The van der Waals surface area contributed by atoms with Gasteiger partial charge < -0.3 is 4.74 Å². The van der Waals surface area contributed by atoms with Gasteiger partial charge in [-0.1, -0.05) is 18.2 Å². The molecule has 0 aromatic rings. The molecule has 1 aliphatic heterocycles. The van der Waals surface area contributed by atoms with Gasteiger partial charge >= 0.3 is 0 Å². The van der Waals surface area contributed by atoms with Gasteiger partial charge in [0.1, 0.15) is 0 Å². The summed E-state index contributed by atoms with van der Waals surface area (Å²) in [5.41, 5.74) is 0.0282. The summed E-state index contributed by atoms with van der Waals surface area (Å²) < 4.78 is 5.48. The van der Waals surface area contributed by atoms with Crippen molar-refractivity contribution in [2.24, 2.45) is 5.41 Å². The van der Waals surface area contributed by atoms with Crippen LogP contribution >= 0.6 is 23.2 Å². The first-order chi connectivity index (χ1) is 5.60. The first kappa shape index (κ1) is 10.4. The van der Waals surface area contributed by atoms with Crippen molar-refractivity contribution in [2.75, 3.05) is 12.5 Å². The fourth-order valence-corrected chi connectivity index (χ4v) is 2.37. The minimum atomic E-state index is 0.0282. The predicted octanol–water partition coefficient (Wildman–Crippen LogP) is 3.16. The Kier molecular flexibility index (Phi) is 3.45. The quantitative estimate of drug-likeness (QED) is 0.648. The van der Waals surface area contributed by atoms with E-state index in [-0.39, 0.29) is 11.5 Å². The van der Waals surface area contributed by atoms with Gasteiger partial charge in [-0.05, 0) is 19.8 Å². The molecular weight excluding hydrogens is 195 g/mol. The first-order valence-electron chi connectivity index (χ1n) is 4.11. The number of ether oxygens (including phenoxy) is 1. The van der Waals surface area contributed by atoms with Crippen molar-refractivity contribution < 1.29 is 4.74 Å². The monoisotopic (exact) mass is 208 g/mol. The predicted molar refractivity (Wildman–Crippen MR) is 52.8 cm³/mol. The summed E-state index contributed by atoms with van der Waals surface area (Å²) in [6, 6.07) is 0. The van der Waals surface area contributed by atoms with Crippen molar-refractivity contribution in [3.8, 4) is 0 Å². The molecule has 0 amide bonds. The molecule has 1 fully saturated rings. The molecule has 0 aromatic carbocycles. The van der Waals surface area contributed by atoms with E-state index in [0.29, 0.717) is 10.9 Å². The van der Waals surface area contributed by atoms with E-state index >= 15 is 0 Å². The summed E-state index contributed by atoms with van der Waals surface area (Å²) in [5, 5.41) is 0.674. The van der Waals surface area contributed by atoms with Crippen LogP contribution in [0.2, 0.25) is 0 Å². The highest BCUT2D eigenvalue weighted by atomic mass is 35.5. The van der Waals surface area contributed by atoms with E-state index in [9.17, 15) is 0 Å². The zero-order valence-corrected chi connectivity index (χ0v) is 8.79. The Morgan fingerprint density at radius 1 is 1.75 bits per heavy atom. The van der Waals surface area contributed by atoms with Crippen molar-refractivity contribution in [1.29, 1.82) is 0 Å². The van der Waals surface area contributed by atoms with Crippen molar-refractivity contribution in [3.63, 3.8) is 0 Å². The Morgan fingerprint density at radius 2 is 2.42 bits per heavy atom. The zero-order valence-electron chi connectivity index (χ0n) is 7.28. The molecule has 0 bridgehead atoms. The lowest BCUT2D eigenvalue weighted by Gasteiger charge is -2.29. The van der Waals surface area contributed by atoms with E-state index < -0.39 is 0 Å². The molecule has 1 aliphatic rings. The number of allylic oxidation sites excluding steroid dienone is 1. The molecule has 0 saturated carbocycles. The third-order valence-electron chi connectivity index (χ3n) is 2.64. The third-order valence-corrected chi connectivity index (χ3v) is 3.31. The van der Waals surface area contributed by atoms with Gasteiger partial charge in [0.25, 0.3) is 0 Å². The second kappa shape index (κ2) is 3.99. The Balaban J connectivity index is 2.67. The summed E-state index contributed by atoms with van der Waals surface area (Å²) in [5.74, 6) is 0.597. The topological polar surface area (TPSA) is 9.23 Å². The average Bonchev–Trinajstić information content (AvgIpc) is 2.32. The van der Waals surface area contributed by atoms with Gasteiger partial charge in [-0.25, -0.2) is 0 Å². The minimum absolute atomic E-state index is 0.0282. The fourth-order valence-electron chi connectivity index (χ4n) is 1.66. The Hall–Kier alpha value is 0.280. The zero-order chi connectivity index (χ0) is 9.19. The van der Waals surface area contributed by atoms with Crippen molar-refractivity contribution in [1.82, 2.24) is 0 Å². The van der Waals surface area contributed by atoms with E-state index in [1.807, 2.05) is 0 Å². The third kappa shape index (κ3) is 1.95. The molecule has 0 spiro atoms. The highest BCUT2D eigenvalue weighted by Crippen LogP contribution is 2.41. The maximum atomic E-state index is 5.92. The summed E-state index contributed by atoms with van der Waals surface area (Å²) in [4.78, 5) is 0. The van der Waals surface area contributed by atoms with Gasteiger partial charge in [0, 0.05) is 22.9 Å². The number of hydrogen-bond donors (Lipinski definition) is 0. The van der Waals surface area contributed by atoms with E-state index in [1.54, 1.807) is 0 Å². The lowest BCUT2D eigenvalue weighted by molar-refractivity contribution is 0.0743. The number of rotatable bonds is 3. The van der Waals surface area contributed by atoms with Gasteiger partial charge in [-0.2, -0.15) is 0 Å². The van der Waals surface area contributed by atoms with Crippen LogP contribution in [0.1, 0.15) is 19.8 Å². The molecule has 0 N–H and O–H groups in total. The molecule has 0 aromatic heterocycles. The van der Waals surface area contributed by atoms with Crippen LogP contribution in [0.25, 0.3) is 0 Å². The van der Waals surface area contributed by atoms with Crippen LogP contribution in [0.3, 0.4) is 0 Å². The summed E-state index contributed by atoms with van der Waals surface area (Å²) in [6.07, 6.45) is 1.95. The molecular formula is C9H14Cl2O. The molecule has 70 valence electrons. The molecule has 2 atom stereocenters. The summed E-state index contributed by atoms with van der Waals surface area (Å²) in [6.45, 7) is 6.54. The molecule has 12 heavy (non-hydrogen) atoms. The second-order valence-corrected chi connectivity index (χ2v) is 4.25. The standard InChI is InChI=1S/C9H14Cl2O/c1-7(11)5-9(6-10)3-4-12-8(9)2/h8H,1,3-6H2,2H3. The van der Waals surface area contributed by atoms with Crippen LogP contribution in [-0.4, -0.2) is 18.6 Å². The average molecular weight is 209 g/mol. The van der Waals surface area contributed by atoms with Gasteiger partial charge in [0.2, 0.25) is 0 Å². The maximum Gasteiger partial charge on any atom is 0.0618 e. The van der Waals surface area contributed by atoms with E-state index in [1.165, 1.54) is 0 Å². The normalized spacial score (nSPS) is 35.4. The van der Waals surface area contributed by atoms with Crippen molar-refractivity contribution in [2.45, 2.75) is 25.9 Å². The molecule has 0 radical (unpaired) electrons. The van der Waals surface area contributed by atoms with E-state index in [4.69, 9.17) is 27.9 Å². The van der Waals surface area contributed by atoms with Gasteiger partial charge in [0.05, 0.1) is 6.10 Å². The molecule has 1 heterocycles. The molecule has 1 rings (SSSR count). The van der Waals surface area contributed by atoms with Gasteiger partial charge in [-0.15, -0.1) is 11.6 Å². The SMILES string of the molecule is C=C(Cl)CC1(CCl)CCOC1C. The van der Waals surface area contributed by atoms with E-state index in [2.05, 4.69) is 13.5 Å². The maximum absolute atomic E-state index is 5.92. The molecule has 3 heteroatoms. The molecule has 1 nitrogen and oxygen atoms in total. The minimum Gasteiger partial charge on any atom is -0.378 e. The highest BCUT2D eigenvalue weighted by Gasteiger charge is 2.40. The number of halogens is 2. The van der Waals surface area contributed by atoms with Crippen LogP contribution < -0.4 is 0 Å². The van der Waals surface area contributed by atoms with Crippen LogP contribution in [0.4, 0.5) is 0 Å². The lowest BCUT2D eigenvalue weighted by Crippen LogP contribution is -2.30. The summed E-state index contributed by atoms with van der Waals surface area (Å²) in [7, 11) is 0. The summed E-state index contributed by atoms with van der Waals surface area (Å²) >= 11 is 11.7. The Morgan fingerprint density at radius 3 is 2.75 bits per heavy atom. The smallest absolute Gasteiger partial charge is 0.0618 e. The van der Waals surface area contributed by atoms with Crippen LogP contribution in [-0.2, 0) is 4.74 Å². The van der Waals surface area contributed by atoms with Crippen LogP contribution in [0.15, 0.2) is 11.6 Å². The molecule has 0 aliphatic carbocycles.